The minimum absolute atomic E-state index is 0.0718. The van der Waals surface area contributed by atoms with Crippen molar-refractivity contribution >= 4 is 11.6 Å². The van der Waals surface area contributed by atoms with Gasteiger partial charge in [0.2, 0.25) is 0 Å². The van der Waals surface area contributed by atoms with E-state index < -0.39 is 0 Å². The maximum atomic E-state index is 11.6. The number of hydrogen-bond acceptors (Lipinski definition) is 3. The molecule has 0 atom stereocenters. The van der Waals surface area contributed by atoms with Crippen LogP contribution in [-0.2, 0) is 0 Å². The van der Waals surface area contributed by atoms with E-state index in [1.807, 2.05) is 12.1 Å². The Hall–Kier alpha value is -1.38. The standard InChI is InChI=1S/C14H22N2O/c1-10(2)9-16(11(3)4)14-13(12(5)17)7-6-8-15-14/h6-8,10-11H,9H2,1-5H3. The first kappa shape index (κ1) is 13.7. The van der Waals surface area contributed by atoms with Crippen LogP contribution in [0.5, 0.6) is 0 Å². The summed E-state index contributed by atoms with van der Waals surface area (Å²) in [6.45, 7) is 11.1. The van der Waals surface area contributed by atoms with E-state index in [4.69, 9.17) is 0 Å². The summed E-state index contributed by atoms with van der Waals surface area (Å²) < 4.78 is 0. The molecule has 3 nitrogen and oxygen atoms in total. The highest BCUT2D eigenvalue weighted by Gasteiger charge is 2.18. The topological polar surface area (TPSA) is 33.2 Å². The molecular weight excluding hydrogens is 212 g/mol. The first-order valence-electron chi connectivity index (χ1n) is 6.16. The minimum Gasteiger partial charge on any atom is -0.353 e. The molecule has 0 radical (unpaired) electrons. The molecule has 1 aromatic heterocycles. The van der Waals surface area contributed by atoms with Crippen LogP contribution in [0.4, 0.5) is 5.82 Å². The smallest absolute Gasteiger partial charge is 0.163 e. The highest BCUT2D eigenvalue weighted by atomic mass is 16.1. The van der Waals surface area contributed by atoms with Crippen molar-refractivity contribution in [3.63, 3.8) is 0 Å². The highest BCUT2D eigenvalue weighted by Crippen LogP contribution is 2.21. The van der Waals surface area contributed by atoms with E-state index in [1.54, 1.807) is 13.1 Å². The van der Waals surface area contributed by atoms with Gasteiger partial charge in [-0.1, -0.05) is 13.8 Å². The number of aromatic nitrogens is 1. The van der Waals surface area contributed by atoms with Crippen molar-refractivity contribution in [1.29, 1.82) is 0 Å². The van der Waals surface area contributed by atoms with Crippen LogP contribution in [0.25, 0.3) is 0 Å². The number of carbonyl (C=O) groups excluding carboxylic acids is 1. The molecule has 0 N–H and O–H groups in total. The molecule has 94 valence electrons. The minimum atomic E-state index is 0.0718. The Bertz CT molecular complexity index is 386. The molecule has 1 aromatic rings. The molecule has 1 heterocycles. The molecule has 0 bridgehead atoms. The van der Waals surface area contributed by atoms with E-state index in [9.17, 15) is 4.79 Å². The largest absolute Gasteiger partial charge is 0.353 e. The third-order valence-electron chi connectivity index (χ3n) is 2.62. The second-order valence-electron chi connectivity index (χ2n) is 5.07. The molecule has 0 saturated carbocycles. The summed E-state index contributed by atoms with van der Waals surface area (Å²) in [5.74, 6) is 1.42. The van der Waals surface area contributed by atoms with Gasteiger partial charge in [-0.05, 0) is 38.8 Å². The van der Waals surface area contributed by atoms with Crippen LogP contribution < -0.4 is 4.90 Å². The molecule has 0 aliphatic heterocycles. The van der Waals surface area contributed by atoms with Gasteiger partial charge < -0.3 is 4.90 Å². The number of nitrogens with zero attached hydrogens (tertiary/aromatic N) is 2. The highest BCUT2D eigenvalue weighted by molar-refractivity contribution is 5.98. The average Bonchev–Trinajstić information content (AvgIpc) is 2.25. The van der Waals surface area contributed by atoms with E-state index in [0.717, 1.165) is 12.4 Å². The molecule has 17 heavy (non-hydrogen) atoms. The van der Waals surface area contributed by atoms with Crippen molar-refractivity contribution in [3.8, 4) is 0 Å². The van der Waals surface area contributed by atoms with Crippen LogP contribution in [0.2, 0.25) is 0 Å². The molecule has 0 aromatic carbocycles. The Kier molecular flexibility index (Phi) is 4.67. The Labute approximate surface area is 104 Å². The second kappa shape index (κ2) is 5.80. The SMILES string of the molecule is CC(=O)c1cccnc1N(CC(C)C)C(C)C. The Balaban J connectivity index is 3.13. The lowest BCUT2D eigenvalue weighted by molar-refractivity contribution is 0.101. The number of hydrogen-bond donors (Lipinski definition) is 0. The van der Waals surface area contributed by atoms with Crippen molar-refractivity contribution < 1.29 is 4.79 Å². The zero-order chi connectivity index (χ0) is 13.0. The number of Topliss-reactive ketones (excluding diaryl/α,β-unsaturated/α-hetero) is 1. The van der Waals surface area contributed by atoms with Gasteiger partial charge in [0, 0.05) is 18.8 Å². The van der Waals surface area contributed by atoms with Gasteiger partial charge in [-0.2, -0.15) is 0 Å². The summed E-state index contributed by atoms with van der Waals surface area (Å²) in [5.41, 5.74) is 0.710. The summed E-state index contributed by atoms with van der Waals surface area (Å²) >= 11 is 0. The van der Waals surface area contributed by atoms with E-state index >= 15 is 0 Å². The van der Waals surface area contributed by atoms with Crippen LogP contribution in [0.15, 0.2) is 18.3 Å². The quantitative estimate of drug-likeness (QED) is 0.734. The molecular formula is C14H22N2O. The molecule has 0 aliphatic carbocycles. The number of ketones is 1. The number of rotatable bonds is 5. The van der Waals surface area contributed by atoms with Crippen LogP contribution in [-0.4, -0.2) is 23.4 Å². The number of anilines is 1. The summed E-state index contributed by atoms with van der Waals surface area (Å²) in [7, 11) is 0. The first-order chi connectivity index (χ1) is 7.93. The van der Waals surface area contributed by atoms with E-state index in [0.29, 0.717) is 17.5 Å². The van der Waals surface area contributed by atoms with Gasteiger partial charge in [0.1, 0.15) is 5.82 Å². The zero-order valence-electron chi connectivity index (χ0n) is 11.4. The Morgan fingerprint density at radius 2 is 2.00 bits per heavy atom. The Morgan fingerprint density at radius 1 is 1.35 bits per heavy atom. The van der Waals surface area contributed by atoms with Gasteiger partial charge in [0.05, 0.1) is 5.56 Å². The monoisotopic (exact) mass is 234 g/mol. The summed E-state index contributed by atoms with van der Waals surface area (Å²) in [5, 5.41) is 0. The molecule has 1 rings (SSSR count). The lowest BCUT2D eigenvalue weighted by Gasteiger charge is -2.30. The summed E-state index contributed by atoms with van der Waals surface area (Å²) in [4.78, 5) is 18.2. The van der Waals surface area contributed by atoms with Crippen LogP contribution in [0.1, 0.15) is 45.0 Å². The van der Waals surface area contributed by atoms with Gasteiger partial charge in [-0.15, -0.1) is 0 Å². The number of carbonyl (C=O) groups is 1. The molecule has 0 spiro atoms. The summed E-state index contributed by atoms with van der Waals surface area (Å²) in [6, 6.07) is 4.00. The second-order valence-corrected chi connectivity index (χ2v) is 5.07. The molecule has 0 fully saturated rings. The third kappa shape index (κ3) is 3.55. The van der Waals surface area contributed by atoms with E-state index in [-0.39, 0.29) is 5.78 Å². The molecule has 0 unspecified atom stereocenters. The van der Waals surface area contributed by atoms with Crippen molar-refractivity contribution in [3.05, 3.63) is 23.9 Å². The molecule has 0 aliphatic rings. The van der Waals surface area contributed by atoms with E-state index in [2.05, 4.69) is 37.6 Å². The Morgan fingerprint density at radius 3 is 2.47 bits per heavy atom. The normalized spacial score (nSPS) is 11.0. The predicted octanol–water partition coefficient (Wildman–Crippen LogP) is 3.16. The fourth-order valence-electron chi connectivity index (χ4n) is 1.84. The van der Waals surface area contributed by atoms with Gasteiger partial charge in [0.25, 0.3) is 0 Å². The maximum Gasteiger partial charge on any atom is 0.163 e. The van der Waals surface area contributed by atoms with Gasteiger partial charge >= 0.3 is 0 Å². The molecule has 3 heteroatoms. The lowest BCUT2D eigenvalue weighted by Crippen LogP contribution is -2.35. The average molecular weight is 234 g/mol. The maximum absolute atomic E-state index is 11.6. The molecule has 0 saturated heterocycles. The van der Waals surface area contributed by atoms with Gasteiger partial charge in [0.15, 0.2) is 5.78 Å². The zero-order valence-corrected chi connectivity index (χ0v) is 11.4. The van der Waals surface area contributed by atoms with Crippen LogP contribution in [0, 0.1) is 5.92 Å². The fourth-order valence-corrected chi connectivity index (χ4v) is 1.84. The lowest BCUT2D eigenvalue weighted by atomic mass is 10.1. The van der Waals surface area contributed by atoms with Crippen molar-refractivity contribution in [2.45, 2.75) is 40.7 Å². The first-order valence-corrected chi connectivity index (χ1v) is 6.16. The fraction of sp³-hybridized carbons (Fsp3) is 0.571. The van der Waals surface area contributed by atoms with Crippen LogP contribution >= 0.6 is 0 Å². The van der Waals surface area contributed by atoms with Crippen molar-refractivity contribution in [2.75, 3.05) is 11.4 Å². The van der Waals surface area contributed by atoms with Crippen molar-refractivity contribution in [2.24, 2.45) is 5.92 Å². The number of pyridine rings is 1. The van der Waals surface area contributed by atoms with Crippen LogP contribution in [0.3, 0.4) is 0 Å². The predicted molar refractivity (Wildman–Crippen MR) is 71.6 cm³/mol. The summed E-state index contributed by atoms with van der Waals surface area (Å²) in [6.07, 6.45) is 1.75. The molecule has 0 amide bonds. The van der Waals surface area contributed by atoms with E-state index in [1.165, 1.54) is 0 Å². The van der Waals surface area contributed by atoms with Crippen molar-refractivity contribution in [1.82, 2.24) is 4.98 Å². The third-order valence-corrected chi connectivity index (χ3v) is 2.62. The van der Waals surface area contributed by atoms with Gasteiger partial charge in [-0.25, -0.2) is 4.98 Å². The van der Waals surface area contributed by atoms with Gasteiger partial charge in [-0.3, -0.25) is 4.79 Å².